The van der Waals surface area contributed by atoms with Crippen molar-refractivity contribution in [2.24, 2.45) is 0 Å². The molecule has 0 aliphatic heterocycles. The summed E-state index contributed by atoms with van der Waals surface area (Å²) in [7, 11) is 0. The molecule has 0 spiro atoms. The first-order valence-electron chi connectivity index (χ1n) is 10.7. The van der Waals surface area contributed by atoms with Crippen molar-refractivity contribution >= 4 is 24.4 Å². The van der Waals surface area contributed by atoms with Crippen LogP contribution >= 0.6 is 0 Å². The summed E-state index contributed by atoms with van der Waals surface area (Å²) in [5.74, 6) is -1.29. The van der Waals surface area contributed by atoms with Gasteiger partial charge in [0.15, 0.2) is 0 Å². The van der Waals surface area contributed by atoms with Crippen LogP contribution in [0.5, 0.6) is 0 Å². The van der Waals surface area contributed by atoms with Gasteiger partial charge in [-0.25, -0.2) is 9.59 Å². The molecule has 0 aromatic heterocycles. The predicted molar refractivity (Wildman–Crippen MR) is 114 cm³/mol. The fourth-order valence-electron chi connectivity index (χ4n) is 3.46. The molecule has 1 unspecified atom stereocenters. The molecule has 0 heterocycles. The van der Waals surface area contributed by atoms with Crippen LogP contribution in [-0.4, -0.2) is 47.0 Å². The summed E-state index contributed by atoms with van der Waals surface area (Å²) in [6.07, 6.45) is 3.74. The number of amides is 3. The first-order valence-corrected chi connectivity index (χ1v) is 10.7. The Hall–Kier alpha value is -2.90. The lowest BCUT2D eigenvalue weighted by atomic mass is 9.94. The minimum absolute atomic E-state index is 0.000379. The van der Waals surface area contributed by atoms with Gasteiger partial charge in [0, 0.05) is 6.04 Å². The number of ether oxygens (including phenoxy) is 2. The standard InChI is InChI=1S/C23H32N2O6/c1-23(2,3)31-22(29)24-19(21(28)30-15-17-10-6-4-7-11-17)14-20(27)25(16-26)18-12-8-5-9-13-18/h4,6-7,10-11,16,18-19H,5,8-9,12-15H2,1-3H3,(H,24,29). The highest BCUT2D eigenvalue weighted by molar-refractivity contribution is 5.92. The van der Waals surface area contributed by atoms with Gasteiger partial charge < -0.3 is 14.8 Å². The van der Waals surface area contributed by atoms with E-state index in [0.717, 1.165) is 42.6 Å². The van der Waals surface area contributed by atoms with E-state index in [2.05, 4.69) is 5.32 Å². The molecule has 8 nitrogen and oxygen atoms in total. The van der Waals surface area contributed by atoms with Crippen molar-refractivity contribution in [2.45, 2.75) is 83.6 Å². The molecule has 1 fully saturated rings. The Balaban J connectivity index is 2.07. The second-order valence-corrected chi connectivity index (χ2v) is 8.69. The molecule has 1 aliphatic rings. The molecule has 1 atom stereocenters. The number of alkyl carbamates (subject to hydrolysis) is 1. The highest BCUT2D eigenvalue weighted by Gasteiger charge is 2.32. The number of rotatable bonds is 8. The normalized spacial score (nSPS) is 15.5. The highest BCUT2D eigenvalue weighted by atomic mass is 16.6. The third-order valence-electron chi connectivity index (χ3n) is 4.95. The zero-order chi connectivity index (χ0) is 22.9. The Morgan fingerprint density at radius 2 is 1.77 bits per heavy atom. The van der Waals surface area contributed by atoms with Crippen LogP contribution in [0.25, 0.3) is 0 Å². The summed E-state index contributed by atoms with van der Waals surface area (Å²) >= 11 is 0. The maximum Gasteiger partial charge on any atom is 0.408 e. The molecule has 1 aliphatic carbocycles. The second kappa shape index (κ2) is 11.5. The molecule has 0 radical (unpaired) electrons. The fraction of sp³-hybridized carbons (Fsp3) is 0.565. The number of hydrogen-bond acceptors (Lipinski definition) is 6. The number of esters is 1. The minimum Gasteiger partial charge on any atom is -0.459 e. The van der Waals surface area contributed by atoms with Gasteiger partial charge in [-0.05, 0) is 39.2 Å². The van der Waals surface area contributed by atoms with E-state index in [1.54, 1.807) is 32.9 Å². The van der Waals surface area contributed by atoms with Crippen molar-refractivity contribution in [2.75, 3.05) is 0 Å². The number of benzene rings is 1. The molecule has 8 heteroatoms. The molecule has 1 N–H and O–H groups in total. The van der Waals surface area contributed by atoms with Gasteiger partial charge in [-0.15, -0.1) is 0 Å². The second-order valence-electron chi connectivity index (χ2n) is 8.69. The van der Waals surface area contributed by atoms with Crippen molar-refractivity contribution in [3.05, 3.63) is 35.9 Å². The van der Waals surface area contributed by atoms with Crippen LogP contribution < -0.4 is 5.32 Å². The zero-order valence-corrected chi connectivity index (χ0v) is 18.5. The van der Waals surface area contributed by atoms with E-state index < -0.39 is 29.6 Å². The van der Waals surface area contributed by atoms with E-state index in [1.807, 2.05) is 18.2 Å². The molecular weight excluding hydrogens is 400 g/mol. The smallest absolute Gasteiger partial charge is 0.408 e. The minimum atomic E-state index is -1.27. The van der Waals surface area contributed by atoms with E-state index in [9.17, 15) is 19.2 Å². The van der Waals surface area contributed by atoms with Gasteiger partial charge in [-0.3, -0.25) is 14.5 Å². The number of imide groups is 1. The molecule has 1 aromatic carbocycles. The van der Waals surface area contributed by atoms with Gasteiger partial charge in [0.25, 0.3) is 0 Å². The molecule has 31 heavy (non-hydrogen) atoms. The number of hydrogen-bond donors (Lipinski definition) is 1. The lowest BCUT2D eigenvalue weighted by Gasteiger charge is -2.30. The van der Waals surface area contributed by atoms with Crippen LogP contribution in [-0.2, 0) is 30.5 Å². The van der Waals surface area contributed by atoms with Crippen molar-refractivity contribution in [1.82, 2.24) is 10.2 Å². The van der Waals surface area contributed by atoms with Gasteiger partial charge in [-0.2, -0.15) is 0 Å². The maximum absolute atomic E-state index is 12.8. The molecule has 0 bridgehead atoms. The van der Waals surface area contributed by atoms with Gasteiger partial charge in [0.05, 0.1) is 6.42 Å². The molecule has 2 rings (SSSR count). The van der Waals surface area contributed by atoms with Crippen LogP contribution in [0, 0.1) is 0 Å². The third-order valence-corrected chi connectivity index (χ3v) is 4.95. The molecule has 170 valence electrons. The Kier molecular flexibility index (Phi) is 9.03. The monoisotopic (exact) mass is 432 g/mol. The quantitative estimate of drug-likeness (QED) is 0.499. The molecular formula is C23H32N2O6. The largest absolute Gasteiger partial charge is 0.459 e. The third kappa shape index (κ3) is 8.39. The Bertz CT molecular complexity index is 753. The van der Waals surface area contributed by atoms with Crippen LogP contribution in [0.1, 0.15) is 64.9 Å². The lowest BCUT2D eigenvalue weighted by molar-refractivity contribution is -0.151. The Labute approximate surface area is 183 Å². The van der Waals surface area contributed by atoms with Gasteiger partial charge in [0.2, 0.25) is 12.3 Å². The molecule has 0 saturated heterocycles. The van der Waals surface area contributed by atoms with Crippen molar-refractivity contribution in [3.8, 4) is 0 Å². The zero-order valence-electron chi connectivity index (χ0n) is 18.5. The van der Waals surface area contributed by atoms with Gasteiger partial charge in [0.1, 0.15) is 18.2 Å². The van der Waals surface area contributed by atoms with E-state index >= 15 is 0 Å². The first kappa shape index (κ1) is 24.4. The van der Waals surface area contributed by atoms with E-state index in [0.29, 0.717) is 6.41 Å². The summed E-state index contributed by atoms with van der Waals surface area (Å²) in [4.78, 5) is 50.5. The number of nitrogens with one attached hydrogen (secondary N) is 1. The summed E-state index contributed by atoms with van der Waals surface area (Å²) in [6.45, 7) is 5.08. The van der Waals surface area contributed by atoms with E-state index in [4.69, 9.17) is 9.47 Å². The summed E-state index contributed by atoms with van der Waals surface area (Å²) in [5, 5.41) is 2.42. The molecule has 1 aromatic rings. The SMILES string of the molecule is CC(C)(C)OC(=O)NC(CC(=O)N(C=O)C1CCCCC1)C(=O)OCc1ccccc1. The lowest BCUT2D eigenvalue weighted by Crippen LogP contribution is -2.49. The topological polar surface area (TPSA) is 102 Å². The average molecular weight is 433 g/mol. The average Bonchev–Trinajstić information content (AvgIpc) is 2.72. The Morgan fingerprint density at radius 1 is 1.13 bits per heavy atom. The van der Waals surface area contributed by atoms with Crippen LogP contribution in [0.4, 0.5) is 4.79 Å². The maximum atomic E-state index is 12.8. The van der Waals surface area contributed by atoms with E-state index in [-0.39, 0.29) is 19.1 Å². The number of nitrogens with zero attached hydrogens (tertiary/aromatic N) is 1. The van der Waals surface area contributed by atoms with Crippen LogP contribution in [0.3, 0.4) is 0 Å². The fourth-order valence-corrected chi connectivity index (χ4v) is 3.46. The van der Waals surface area contributed by atoms with Crippen LogP contribution in [0.2, 0.25) is 0 Å². The number of carbonyl (C=O) groups is 4. The van der Waals surface area contributed by atoms with Crippen LogP contribution in [0.15, 0.2) is 30.3 Å². The van der Waals surface area contributed by atoms with Crippen molar-refractivity contribution in [1.29, 1.82) is 0 Å². The molecule has 3 amide bonds. The van der Waals surface area contributed by atoms with Crippen molar-refractivity contribution < 1.29 is 28.7 Å². The Morgan fingerprint density at radius 3 is 2.35 bits per heavy atom. The number of carbonyl (C=O) groups excluding carboxylic acids is 4. The van der Waals surface area contributed by atoms with Crippen molar-refractivity contribution in [3.63, 3.8) is 0 Å². The summed E-state index contributed by atoms with van der Waals surface area (Å²) in [6, 6.07) is 7.62. The van der Waals surface area contributed by atoms with Gasteiger partial charge >= 0.3 is 12.1 Å². The predicted octanol–water partition coefficient (Wildman–Crippen LogP) is 3.33. The first-order chi connectivity index (χ1) is 14.7. The molecule has 1 saturated carbocycles. The summed E-state index contributed by atoms with van der Waals surface area (Å²) in [5.41, 5.74) is -0.00122. The van der Waals surface area contributed by atoms with Gasteiger partial charge in [-0.1, -0.05) is 49.6 Å². The summed E-state index contributed by atoms with van der Waals surface area (Å²) < 4.78 is 10.5. The van der Waals surface area contributed by atoms with E-state index in [1.165, 1.54) is 0 Å². The highest BCUT2D eigenvalue weighted by Crippen LogP contribution is 2.22.